The number of nitrogens with one attached hydrogen (secondary N) is 1. The first-order chi connectivity index (χ1) is 6.36. The van der Waals surface area contributed by atoms with Crippen LogP contribution in [0.15, 0.2) is 30.3 Å². The fourth-order valence-electron chi connectivity index (χ4n) is 1.44. The zero-order valence-corrected chi connectivity index (χ0v) is 8.01. The second kappa shape index (κ2) is 3.75. The quantitative estimate of drug-likeness (QED) is 0.689. The molecule has 0 radical (unpaired) electrons. The largest absolute Gasteiger partial charge is 0.463 e. The number of hydrogen-bond acceptors (Lipinski definition) is 2. The van der Waals surface area contributed by atoms with Crippen molar-refractivity contribution in [1.82, 2.24) is 5.32 Å². The topological polar surface area (TPSA) is 21.3 Å². The van der Waals surface area contributed by atoms with E-state index in [1.54, 1.807) is 0 Å². The Bertz CT molecular complexity index is 299. The van der Waals surface area contributed by atoms with E-state index >= 15 is 0 Å². The van der Waals surface area contributed by atoms with Gasteiger partial charge in [0.05, 0.1) is 0 Å². The lowest BCUT2D eigenvalue weighted by Crippen LogP contribution is -2.33. The molecule has 1 unspecified atom stereocenters. The molecule has 1 aromatic carbocycles. The molecule has 2 nitrogen and oxygen atoms in total. The van der Waals surface area contributed by atoms with Crippen LogP contribution in [-0.4, -0.2) is 11.7 Å². The Morgan fingerprint density at radius 1 is 1.31 bits per heavy atom. The second-order valence-corrected chi connectivity index (χ2v) is 3.39. The van der Waals surface area contributed by atoms with Crippen LogP contribution in [0.25, 0.3) is 0 Å². The van der Waals surface area contributed by atoms with E-state index < -0.39 is 0 Å². The Kier molecular flexibility index (Phi) is 2.45. The second-order valence-electron chi connectivity index (χ2n) is 3.02. The third-order valence-corrected chi connectivity index (χ3v) is 2.34. The van der Waals surface area contributed by atoms with Crippen molar-refractivity contribution in [3.05, 3.63) is 35.9 Å². The summed E-state index contributed by atoms with van der Waals surface area (Å²) in [6.07, 6.45) is 1.11. The summed E-state index contributed by atoms with van der Waals surface area (Å²) in [6, 6.07) is 10.2. The lowest BCUT2D eigenvalue weighted by atomic mass is 10.1. The average Bonchev–Trinajstić information content (AvgIpc) is 2.19. The molecule has 1 fully saturated rings. The van der Waals surface area contributed by atoms with Crippen molar-refractivity contribution in [2.24, 2.45) is 0 Å². The van der Waals surface area contributed by atoms with Crippen molar-refractivity contribution >= 4 is 17.4 Å². The molecule has 0 aromatic heterocycles. The van der Waals surface area contributed by atoms with E-state index in [0.29, 0.717) is 5.17 Å². The van der Waals surface area contributed by atoms with Crippen molar-refractivity contribution in [2.75, 3.05) is 6.54 Å². The van der Waals surface area contributed by atoms with Crippen LogP contribution in [0, 0.1) is 0 Å². The molecule has 1 aliphatic rings. The summed E-state index contributed by atoms with van der Waals surface area (Å²) in [4.78, 5) is 0. The van der Waals surface area contributed by atoms with Gasteiger partial charge in [0, 0.05) is 13.0 Å². The minimum atomic E-state index is 0.134. The van der Waals surface area contributed by atoms with Crippen molar-refractivity contribution in [2.45, 2.75) is 12.5 Å². The first-order valence-corrected chi connectivity index (χ1v) is 4.76. The molecule has 1 aliphatic heterocycles. The Morgan fingerprint density at radius 2 is 2.08 bits per heavy atom. The Morgan fingerprint density at radius 3 is 2.77 bits per heavy atom. The zero-order valence-electron chi connectivity index (χ0n) is 7.19. The molecular formula is C10H11NOS. The lowest BCUT2D eigenvalue weighted by molar-refractivity contribution is 0.157. The van der Waals surface area contributed by atoms with Gasteiger partial charge in [-0.15, -0.1) is 0 Å². The smallest absolute Gasteiger partial charge is 0.257 e. The Labute approximate surface area is 82.9 Å². The predicted molar refractivity (Wildman–Crippen MR) is 55.5 cm³/mol. The number of benzene rings is 1. The first-order valence-electron chi connectivity index (χ1n) is 4.36. The van der Waals surface area contributed by atoms with Gasteiger partial charge < -0.3 is 10.1 Å². The molecule has 0 saturated carbocycles. The van der Waals surface area contributed by atoms with Crippen molar-refractivity contribution in [3.63, 3.8) is 0 Å². The standard InChI is InChI=1S/C10H11NOS/c13-10-11-7-6-9(12-10)8-4-2-1-3-5-8/h1-5,9H,6-7H2,(H,11,13). The van der Waals surface area contributed by atoms with Gasteiger partial charge >= 0.3 is 0 Å². The molecule has 13 heavy (non-hydrogen) atoms. The van der Waals surface area contributed by atoms with Crippen LogP contribution in [0.2, 0.25) is 0 Å². The van der Waals surface area contributed by atoms with E-state index in [1.807, 2.05) is 18.2 Å². The summed E-state index contributed by atoms with van der Waals surface area (Å²) in [5.74, 6) is 0. The van der Waals surface area contributed by atoms with Crippen LogP contribution in [0.4, 0.5) is 0 Å². The summed E-state index contributed by atoms with van der Waals surface area (Å²) in [5, 5.41) is 3.50. The lowest BCUT2D eigenvalue weighted by Gasteiger charge is -2.25. The highest BCUT2D eigenvalue weighted by atomic mass is 32.1. The Hall–Kier alpha value is -1.09. The normalized spacial score (nSPS) is 21.8. The van der Waals surface area contributed by atoms with E-state index in [0.717, 1.165) is 13.0 Å². The molecule has 0 aliphatic carbocycles. The Balaban J connectivity index is 2.13. The van der Waals surface area contributed by atoms with Gasteiger partial charge in [0.1, 0.15) is 6.10 Å². The molecule has 0 amide bonds. The molecule has 68 valence electrons. The van der Waals surface area contributed by atoms with Crippen LogP contribution >= 0.6 is 12.2 Å². The summed E-state index contributed by atoms with van der Waals surface area (Å²) in [5.41, 5.74) is 1.20. The molecule has 1 atom stereocenters. The van der Waals surface area contributed by atoms with Crippen molar-refractivity contribution in [3.8, 4) is 0 Å². The third kappa shape index (κ3) is 1.98. The van der Waals surface area contributed by atoms with E-state index in [2.05, 4.69) is 17.4 Å². The van der Waals surface area contributed by atoms with Crippen LogP contribution in [0.5, 0.6) is 0 Å². The van der Waals surface area contributed by atoms with E-state index in [4.69, 9.17) is 17.0 Å². The van der Waals surface area contributed by atoms with Crippen LogP contribution in [0.1, 0.15) is 18.1 Å². The maximum absolute atomic E-state index is 5.49. The van der Waals surface area contributed by atoms with Gasteiger partial charge in [-0.05, 0) is 17.8 Å². The summed E-state index contributed by atoms with van der Waals surface area (Å²) >= 11 is 4.95. The molecule has 1 N–H and O–H groups in total. The van der Waals surface area contributed by atoms with E-state index in [1.165, 1.54) is 5.56 Å². The molecule has 1 aromatic rings. The highest BCUT2D eigenvalue weighted by molar-refractivity contribution is 7.80. The molecule has 1 saturated heterocycles. The van der Waals surface area contributed by atoms with Gasteiger partial charge in [-0.3, -0.25) is 0 Å². The maximum Gasteiger partial charge on any atom is 0.257 e. The maximum atomic E-state index is 5.49. The zero-order chi connectivity index (χ0) is 9.10. The number of rotatable bonds is 1. The van der Waals surface area contributed by atoms with Gasteiger partial charge in [-0.2, -0.15) is 0 Å². The van der Waals surface area contributed by atoms with Gasteiger partial charge in [-0.1, -0.05) is 30.3 Å². The molecule has 3 heteroatoms. The van der Waals surface area contributed by atoms with Crippen LogP contribution < -0.4 is 5.32 Å². The van der Waals surface area contributed by atoms with Gasteiger partial charge in [0.25, 0.3) is 5.17 Å². The molecule has 0 bridgehead atoms. The van der Waals surface area contributed by atoms with E-state index in [9.17, 15) is 0 Å². The van der Waals surface area contributed by atoms with Gasteiger partial charge in [0.15, 0.2) is 0 Å². The van der Waals surface area contributed by atoms with Crippen LogP contribution in [-0.2, 0) is 4.74 Å². The first kappa shape index (κ1) is 8.51. The minimum absolute atomic E-state index is 0.134. The van der Waals surface area contributed by atoms with Crippen molar-refractivity contribution in [1.29, 1.82) is 0 Å². The van der Waals surface area contributed by atoms with Gasteiger partial charge in [-0.25, -0.2) is 0 Å². The molecule has 0 spiro atoms. The number of thiocarbonyl (C=S) groups is 1. The summed E-state index contributed by atoms with van der Waals surface area (Å²) in [7, 11) is 0. The fraction of sp³-hybridized carbons (Fsp3) is 0.300. The van der Waals surface area contributed by atoms with E-state index in [-0.39, 0.29) is 6.10 Å². The summed E-state index contributed by atoms with van der Waals surface area (Å²) in [6.45, 7) is 0.901. The van der Waals surface area contributed by atoms with Gasteiger partial charge in [0.2, 0.25) is 0 Å². The van der Waals surface area contributed by atoms with Crippen LogP contribution in [0.3, 0.4) is 0 Å². The highest BCUT2D eigenvalue weighted by Crippen LogP contribution is 2.22. The third-order valence-electron chi connectivity index (χ3n) is 2.10. The molecule has 2 rings (SSSR count). The fourth-order valence-corrected chi connectivity index (χ4v) is 1.66. The SMILES string of the molecule is S=C1NCCC(c2ccccc2)O1. The number of hydrogen-bond donors (Lipinski definition) is 1. The predicted octanol–water partition coefficient (Wildman–Crippen LogP) is 2.02. The molecule has 1 heterocycles. The number of ether oxygens (including phenoxy) is 1. The molecular weight excluding hydrogens is 182 g/mol. The van der Waals surface area contributed by atoms with Crippen molar-refractivity contribution < 1.29 is 4.74 Å². The summed E-state index contributed by atoms with van der Waals surface area (Å²) < 4.78 is 5.49. The highest BCUT2D eigenvalue weighted by Gasteiger charge is 2.18. The average molecular weight is 193 g/mol. The minimum Gasteiger partial charge on any atom is -0.463 e. The monoisotopic (exact) mass is 193 g/mol.